The zero-order chi connectivity index (χ0) is 14.0. The van der Waals surface area contributed by atoms with Crippen LogP contribution in [0.3, 0.4) is 0 Å². The lowest BCUT2D eigenvalue weighted by molar-refractivity contribution is 0.350. The van der Waals surface area contributed by atoms with Gasteiger partial charge in [-0.3, -0.25) is 0 Å². The van der Waals surface area contributed by atoms with E-state index >= 15 is 0 Å². The fourth-order valence-electron chi connectivity index (χ4n) is 2.93. The summed E-state index contributed by atoms with van der Waals surface area (Å²) in [6.45, 7) is 4.66. The molecule has 1 heterocycles. The van der Waals surface area contributed by atoms with Gasteiger partial charge < -0.3 is 5.32 Å². The molecule has 1 N–H and O–H groups in total. The molecule has 3 heteroatoms. The van der Waals surface area contributed by atoms with Crippen LogP contribution in [-0.2, 0) is 0 Å². The number of rotatable bonds is 3. The van der Waals surface area contributed by atoms with Gasteiger partial charge in [-0.15, -0.1) is 0 Å². The van der Waals surface area contributed by atoms with E-state index < -0.39 is 0 Å². The number of nitrogens with zero attached hydrogens (tertiary/aromatic N) is 2. The van der Waals surface area contributed by atoms with Crippen LogP contribution in [-0.4, -0.2) is 16.0 Å². The van der Waals surface area contributed by atoms with Crippen molar-refractivity contribution < 1.29 is 0 Å². The third-order valence-electron chi connectivity index (χ3n) is 4.28. The van der Waals surface area contributed by atoms with Crippen molar-refractivity contribution in [2.24, 2.45) is 5.41 Å². The topological polar surface area (TPSA) is 37.8 Å². The second kappa shape index (κ2) is 5.23. The Balaban J connectivity index is 1.74. The van der Waals surface area contributed by atoms with Crippen LogP contribution in [0.4, 0.5) is 5.69 Å². The van der Waals surface area contributed by atoms with Crippen LogP contribution < -0.4 is 5.32 Å². The molecule has 1 saturated carbocycles. The van der Waals surface area contributed by atoms with Crippen molar-refractivity contribution in [1.29, 1.82) is 0 Å². The molecule has 0 radical (unpaired) electrons. The smallest absolute Gasteiger partial charge is 0.159 e. The van der Waals surface area contributed by atoms with Crippen LogP contribution in [0.2, 0.25) is 0 Å². The molecule has 0 saturated heterocycles. The minimum atomic E-state index is 0.359. The van der Waals surface area contributed by atoms with Crippen LogP contribution >= 0.6 is 0 Å². The highest BCUT2D eigenvalue weighted by Crippen LogP contribution is 2.38. The molecule has 1 aliphatic rings. The summed E-state index contributed by atoms with van der Waals surface area (Å²) in [7, 11) is 0. The number of benzene rings is 1. The lowest BCUT2D eigenvalue weighted by Crippen LogP contribution is -2.30. The maximum atomic E-state index is 4.47. The Morgan fingerprint density at radius 1 is 1.10 bits per heavy atom. The van der Waals surface area contributed by atoms with Crippen molar-refractivity contribution in [3.05, 3.63) is 42.7 Å². The molecule has 1 aromatic carbocycles. The normalized spacial score (nSPS) is 20.8. The third kappa shape index (κ3) is 2.67. The van der Waals surface area contributed by atoms with E-state index in [1.54, 1.807) is 0 Å². The predicted molar refractivity (Wildman–Crippen MR) is 82.5 cm³/mol. The van der Waals surface area contributed by atoms with E-state index in [2.05, 4.69) is 29.1 Å². The van der Waals surface area contributed by atoms with Gasteiger partial charge in [-0.25, -0.2) is 9.97 Å². The largest absolute Gasteiger partial charge is 0.379 e. The Hall–Kier alpha value is -1.90. The summed E-state index contributed by atoms with van der Waals surface area (Å²) in [6.07, 6.45) is 7.60. The SMILES string of the molecule is CC1(C)CCCC1Nc1cnc(-c2ccccc2)nc1. The van der Waals surface area contributed by atoms with Crippen molar-refractivity contribution in [2.75, 3.05) is 5.32 Å². The van der Waals surface area contributed by atoms with E-state index in [4.69, 9.17) is 0 Å². The second-order valence-electron chi connectivity index (χ2n) is 6.24. The van der Waals surface area contributed by atoms with E-state index in [0.29, 0.717) is 11.5 Å². The van der Waals surface area contributed by atoms with Gasteiger partial charge in [0.05, 0.1) is 18.1 Å². The fraction of sp³-hybridized carbons (Fsp3) is 0.412. The standard InChI is InChI=1S/C17H21N3/c1-17(2)10-6-9-15(17)20-14-11-18-16(19-12-14)13-7-4-3-5-8-13/h3-5,7-8,11-12,15,20H,6,9-10H2,1-2H3. The molecule has 3 rings (SSSR count). The van der Waals surface area contributed by atoms with Crippen molar-refractivity contribution in [2.45, 2.75) is 39.2 Å². The maximum absolute atomic E-state index is 4.47. The third-order valence-corrected chi connectivity index (χ3v) is 4.28. The zero-order valence-corrected chi connectivity index (χ0v) is 12.1. The van der Waals surface area contributed by atoms with E-state index in [9.17, 15) is 0 Å². The lowest BCUT2D eigenvalue weighted by atomic mass is 9.87. The highest BCUT2D eigenvalue weighted by atomic mass is 15.0. The van der Waals surface area contributed by atoms with Crippen LogP contribution in [0.25, 0.3) is 11.4 Å². The molecular weight excluding hydrogens is 246 g/mol. The van der Waals surface area contributed by atoms with E-state index in [1.807, 2.05) is 42.7 Å². The summed E-state index contributed by atoms with van der Waals surface area (Å²) in [5.41, 5.74) is 2.43. The highest BCUT2D eigenvalue weighted by molar-refractivity contribution is 5.55. The minimum absolute atomic E-state index is 0.359. The Bertz CT molecular complexity index is 561. The zero-order valence-electron chi connectivity index (χ0n) is 12.1. The monoisotopic (exact) mass is 267 g/mol. The molecule has 1 aromatic heterocycles. The Morgan fingerprint density at radius 3 is 2.40 bits per heavy atom. The summed E-state index contributed by atoms with van der Waals surface area (Å²) in [4.78, 5) is 8.93. The van der Waals surface area contributed by atoms with Crippen LogP contribution in [0.1, 0.15) is 33.1 Å². The molecular formula is C17H21N3. The molecule has 0 aliphatic heterocycles. The van der Waals surface area contributed by atoms with Gasteiger partial charge >= 0.3 is 0 Å². The quantitative estimate of drug-likeness (QED) is 0.908. The maximum Gasteiger partial charge on any atom is 0.159 e. The summed E-state index contributed by atoms with van der Waals surface area (Å²) < 4.78 is 0. The van der Waals surface area contributed by atoms with Gasteiger partial charge in [-0.2, -0.15) is 0 Å². The summed E-state index contributed by atoms with van der Waals surface area (Å²) in [5, 5.41) is 3.58. The van der Waals surface area contributed by atoms with Gasteiger partial charge in [-0.1, -0.05) is 50.6 Å². The molecule has 0 bridgehead atoms. The van der Waals surface area contributed by atoms with Crippen molar-refractivity contribution >= 4 is 5.69 Å². The Labute approximate surface area is 120 Å². The number of aromatic nitrogens is 2. The number of anilines is 1. The van der Waals surface area contributed by atoms with E-state index in [-0.39, 0.29) is 0 Å². The van der Waals surface area contributed by atoms with Crippen LogP contribution in [0.15, 0.2) is 42.7 Å². The minimum Gasteiger partial charge on any atom is -0.379 e. The summed E-state index contributed by atoms with van der Waals surface area (Å²) in [6, 6.07) is 10.6. The van der Waals surface area contributed by atoms with Crippen molar-refractivity contribution in [3.8, 4) is 11.4 Å². The highest BCUT2D eigenvalue weighted by Gasteiger charge is 2.34. The van der Waals surface area contributed by atoms with E-state index in [0.717, 1.165) is 17.1 Å². The van der Waals surface area contributed by atoms with Crippen LogP contribution in [0, 0.1) is 5.41 Å². The van der Waals surface area contributed by atoms with E-state index in [1.165, 1.54) is 19.3 Å². The number of hydrogen-bond donors (Lipinski definition) is 1. The molecule has 0 spiro atoms. The van der Waals surface area contributed by atoms with Crippen LogP contribution in [0.5, 0.6) is 0 Å². The van der Waals surface area contributed by atoms with Crippen molar-refractivity contribution in [3.63, 3.8) is 0 Å². The first kappa shape index (κ1) is 13.1. The number of nitrogens with one attached hydrogen (secondary N) is 1. The first-order valence-corrected chi connectivity index (χ1v) is 7.29. The van der Waals surface area contributed by atoms with Gasteiger partial charge in [0.1, 0.15) is 0 Å². The predicted octanol–water partition coefficient (Wildman–Crippen LogP) is 4.13. The Morgan fingerprint density at radius 2 is 1.80 bits per heavy atom. The second-order valence-corrected chi connectivity index (χ2v) is 6.24. The molecule has 1 fully saturated rings. The molecule has 1 atom stereocenters. The molecule has 1 unspecified atom stereocenters. The van der Waals surface area contributed by atoms with Gasteiger partial charge in [-0.05, 0) is 18.3 Å². The first-order chi connectivity index (χ1) is 9.65. The number of hydrogen-bond acceptors (Lipinski definition) is 3. The summed E-state index contributed by atoms with van der Waals surface area (Å²) >= 11 is 0. The van der Waals surface area contributed by atoms with Gasteiger partial charge in [0.25, 0.3) is 0 Å². The van der Waals surface area contributed by atoms with Gasteiger partial charge in [0.15, 0.2) is 5.82 Å². The van der Waals surface area contributed by atoms with Crippen molar-refractivity contribution in [1.82, 2.24) is 9.97 Å². The lowest BCUT2D eigenvalue weighted by Gasteiger charge is -2.28. The molecule has 3 nitrogen and oxygen atoms in total. The Kier molecular flexibility index (Phi) is 3.43. The van der Waals surface area contributed by atoms with Gasteiger partial charge in [0.2, 0.25) is 0 Å². The molecule has 104 valence electrons. The summed E-state index contributed by atoms with van der Waals surface area (Å²) in [5.74, 6) is 0.779. The molecule has 1 aliphatic carbocycles. The average molecular weight is 267 g/mol. The van der Waals surface area contributed by atoms with Gasteiger partial charge in [0, 0.05) is 11.6 Å². The average Bonchev–Trinajstić information content (AvgIpc) is 2.80. The molecule has 2 aromatic rings. The fourth-order valence-corrected chi connectivity index (χ4v) is 2.93. The molecule has 0 amide bonds. The molecule has 20 heavy (non-hydrogen) atoms. The first-order valence-electron chi connectivity index (χ1n) is 7.29.